The van der Waals surface area contributed by atoms with Gasteiger partial charge in [0.2, 0.25) is 0 Å². The molecule has 0 aromatic heterocycles. The van der Waals surface area contributed by atoms with Gasteiger partial charge < -0.3 is 19.9 Å². The molecule has 1 aliphatic rings. The molecule has 1 aliphatic heterocycles. The van der Waals surface area contributed by atoms with Gasteiger partial charge in [-0.2, -0.15) is 0 Å². The van der Waals surface area contributed by atoms with E-state index in [9.17, 15) is 9.90 Å². The third-order valence-corrected chi connectivity index (χ3v) is 4.34. The van der Waals surface area contributed by atoms with Gasteiger partial charge in [0.1, 0.15) is 17.2 Å². The lowest BCUT2D eigenvalue weighted by atomic mass is 10.1. The molecule has 25 heavy (non-hydrogen) atoms. The van der Waals surface area contributed by atoms with E-state index >= 15 is 0 Å². The normalized spacial score (nSPS) is 17.0. The zero-order valence-corrected chi connectivity index (χ0v) is 14.5. The highest BCUT2D eigenvalue weighted by atomic mass is 32.2. The number of phenols is 1. The third-order valence-electron chi connectivity index (χ3n) is 3.43. The molecule has 2 N–H and O–H groups in total. The van der Waals surface area contributed by atoms with Crippen LogP contribution in [-0.2, 0) is 4.79 Å². The van der Waals surface area contributed by atoms with Gasteiger partial charge in [-0.25, -0.2) is 4.99 Å². The summed E-state index contributed by atoms with van der Waals surface area (Å²) in [7, 11) is 3.15. The lowest BCUT2D eigenvalue weighted by Gasteiger charge is -2.07. The van der Waals surface area contributed by atoms with E-state index in [1.165, 1.54) is 17.8 Å². The number of aliphatic imine (C=N–C) groups is 1. The summed E-state index contributed by atoms with van der Waals surface area (Å²) in [5.74, 6) is 1.19. The molecule has 6 nitrogen and oxygen atoms in total. The van der Waals surface area contributed by atoms with Crippen LogP contribution in [0.2, 0.25) is 0 Å². The summed E-state index contributed by atoms with van der Waals surface area (Å²) in [6, 6.07) is 11.9. The van der Waals surface area contributed by atoms with E-state index in [4.69, 9.17) is 9.47 Å². The molecule has 1 amide bonds. The molecule has 0 spiro atoms. The second-order valence-electron chi connectivity index (χ2n) is 5.11. The highest BCUT2D eigenvalue weighted by Gasteiger charge is 2.24. The Morgan fingerprint density at radius 2 is 2.00 bits per heavy atom. The van der Waals surface area contributed by atoms with Crippen molar-refractivity contribution in [3.05, 3.63) is 52.9 Å². The number of nitrogens with zero attached hydrogens (tertiary/aromatic N) is 1. The first kappa shape index (κ1) is 16.9. The molecular formula is C18H16N2O4S. The summed E-state index contributed by atoms with van der Waals surface area (Å²) in [5.41, 5.74) is 1.29. The van der Waals surface area contributed by atoms with Crippen molar-refractivity contribution in [2.75, 3.05) is 14.2 Å². The number of methoxy groups -OCH3 is 2. The highest BCUT2D eigenvalue weighted by Crippen LogP contribution is 2.32. The Labute approximate surface area is 149 Å². The molecule has 0 saturated carbocycles. The molecule has 0 atom stereocenters. The SMILES string of the molecule is COc1ccc(OC)c(/C=C2\SC(=Nc3cccc(O)c3)NC2=O)c1. The number of aromatic hydroxyl groups is 1. The van der Waals surface area contributed by atoms with Crippen LogP contribution in [0.25, 0.3) is 6.08 Å². The third kappa shape index (κ3) is 3.95. The Morgan fingerprint density at radius 3 is 2.72 bits per heavy atom. The topological polar surface area (TPSA) is 80.2 Å². The summed E-state index contributed by atoms with van der Waals surface area (Å²) >= 11 is 1.22. The van der Waals surface area contributed by atoms with E-state index in [1.54, 1.807) is 56.7 Å². The van der Waals surface area contributed by atoms with E-state index < -0.39 is 0 Å². The van der Waals surface area contributed by atoms with Crippen LogP contribution < -0.4 is 14.8 Å². The number of thioether (sulfide) groups is 1. The molecular weight excluding hydrogens is 340 g/mol. The zero-order chi connectivity index (χ0) is 17.8. The summed E-state index contributed by atoms with van der Waals surface area (Å²) in [4.78, 5) is 17.0. The Bertz CT molecular complexity index is 877. The molecule has 2 aromatic carbocycles. The minimum absolute atomic E-state index is 0.119. The number of nitrogens with one attached hydrogen (secondary N) is 1. The fourth-order valence-electron chi connectivity index (χ4n) is 2.25. The van der Waals surface area contributed by atoms with Crippen molar-refractivity contribution in [1.29, 1.82) is 0 Å². The average molecular weight is 356 g/mol. The van der Waals surface area contributed by atoms with Crippen molar-refractivity contribution in [2.24, 2.45) is 4.99 Å². The Balaban J connectivity index is 1.89. The fraction of sp³-hybridized carbons (Fsp3) is 0.111. The van der Waals surface area contributed by atoms with Gasteiger partial charge in [-0.15, -0.1) is 0 Å². The first-order chi connectivity index (χ1) is 12.1. The smallest absolute Gasteiger partial charge is 0.264 e. The number of carbonyl (C=O) groups excluding carboxylic acids is 1. The summed E-state index contributed by atoms with van der Waals surface area (Å²) in [5, 5.41) is 12.7. The van der Waals surface area contributed by atoms with Gasteiger partial charge in [0.05, 0.1) is 24.8 Å². The van der Waals surface area contributed by atoms with Crippen LogP contribution >= 0.6 is 11.8 Å². The number of hydrogen-bond donors (Lipinski definition) is 2. The Morgan fingerprint density at radius 1 is 1.16 bits per heavy atom. The monoisotopic (exact) mass is 356 g/mol. The number of ether oxygens (including phenoxy) is 2. The number of phenolic OH excluding ortho intramolecular Hbond substituents is 1. The molecule has 128 valence electrons. The molecule has 0 radical (unpaired) electrons. The van der Waals surface area contributed by atoms with Gasteiger partial charge in [-0.05, 0) is 48.2 Å². The van der Waals surface area contributed by atoms with Crippen LogP contribution in [0.4, 0.5) is 5.69 Å². The summed E-state index contributed by atoms with van der Waals surface area (Å²) in [6.45, 7) is 0. The van der Waals surface area contributed by atoms with Crippen LogP contribution in [0.5, 0.6) is 17.2 Å². The number of benzene rings is 2. The predicted octanol–water partition coefficient (Wildman–Crippen LogP) is 3.30. The fourth-order valence-corrected chi connectivity index (χ4v) is 3.09. The first-order valence-corrected chi connectivity index (χ1v) is 8.21. The first-order valence-electron chi connectivity index (χ1n) is 7.39. The second kappa shape index (κ2) is 7.31. The largest absolute Gasteiger partial charge is 0.508 e. The van der Waals surface area contributed by atoms with Crippen molar-refractivity contribution in [3.8, 4) is 17.2 Å². The van der Waals surface area contributed by atoms with Crippen molar-refractivity contribution >= 4 is 34.6 Å². The molecule has 1 saturated heterocycles. The molecule has 1 heterocycles. The average Bonchev–Trinajstić information content (AvgIpc) is 2.94. The van der Waals surface area contributed by atoms with Crippen LogP contribution in [-0.4, -0.2) is 30.4 Å². The van der Waals surface area contributed by atoms with E-state index in [0.29, 0.717) is 27.3 Å². The van der Waals surface area contributed by atoms with Crippen molar-refractivity contribution < 1.29 is 19.4 Å². The Hall–Kier alpha value is -2.93. The standard InChI is InChI=1S/C18H16N2O4S/c1-23-14-6-7-15(24-2)11(8-14)9-16-17(22)20-18(25-16)19-12-4-3-5-13(21)10-12/h3-10,21H,1-2H3,(H,19,20,22)/b16-9-. The molecule has 0 unspecified atom stereocenters. The summed E-state index contributed by atoms with van der Waals surface area (Å²) < 4.78 is 10.5. The van der Waals surface area contributed by atoms with Gasteiger partial charge in [-0.3, -0.25) is 4.79 Å². The minimum Gasteiger partial charge on any atom is -0.508 e. The molecule has 0 bridgehead atoms. The predicted molar refractivity (Wildman–Crippen MR) is 98.5 cm³/mol. The second-order valence-corrected chi connectivity index (χ2v) is 6.14. The van der Waals surface area contributed by atoms with Gasteiger partial charge in [-0.1, -0.05) is 6.07 Å². The lowest BCUT2D eigenvalue weighted by Crippen LogP contribution is -2.19. The van der Waals surface area contributed by atoms with Crippen molar-refractivity contribution in [3.63, 3.8) is 0 Å². The van der Waals surface area contributed by atoms with Crippen molar-refractivity contribution in [1.82, 2.24) is 5.32 Å². The van der Waals surface area contributed by atoms with E-state index in [2.05, 4.69) is 10.3 Å². The lowest BCUT2D eigenvalue weighted by molar-refractivity contribution is -0.115. The van der Waals surface area contributed by atoms with Gasteiger partial charge in [0.25, 0.3) is 5.91 Å². The van der Waals surface area contributed by atoms with Crippen molar-refractivity contribution in [2.45, 2.75) is 0 Å². The number of amides is 1. The van der Waals surface area contributed by atoms with E-state index in [-0.39, 0.29) is 11.7 Å². The molecule has 1 fully saturated rings. The van der Waals surface area contributed by atoms with Gasteiger partial charge in [0.15, 0.2) is 5.17 Å². The number of carbonyl (C=O) groups is 1. The Kier molecular flexibility index (Phi) is 4.95. The quantitative estimate of drug-likeness (QED) is 0.822. The van der Waals surface area contributed by atoms with Crippen LogP contribution in [0.1, 0.15) is 5.56 Å². The van der Waals surface area contributed by atoms with Gasteiger partial charge in [0, 0.05) is 11.6 Å². The maximum absolute atomic E-state index is 12.2. The summed E-state index contributed by atoms with van der Waals surface area (Å²) in [6.07, 6.45) is 1.73. The van der Waals surface area contributed by atoms with Crippen LogP contribution in [0.15, 0.2) is 52.4 Å². The molecule has 7 heteroatoms. The highest BCUT2D eigenvalue weighted by molar-refractivity contribution is 8.18. The maximum Gasteiger partial charge on any atom is 0.264 e. The molecule has 0 aliphatic carbocycles. The van der Waals surface area contributed by atoms with E-state index in [0.717, 1.165) is 5.56 Å². The van der Waals surface area contributed by atoms with Crippen LogP contribution in [0, 0.1) is 0 Å². The minimum atomic E-state index is -0.242. The molecule has 3 rings (SSSR count). The van der Waals surface area contributed by atoms with E-state index in [1.807, 2.05) is 0 Å². The van der Waals surface area contributed by atoms with Crippen LogP contribution in [0.3, 0.4) is 0 Å². The zero-order valence-electron chi connectivity index (χ0n) is 13.6. The maximum atomic E-state index is 12.2. The number of rotatable bonds is 4. The number of hydrogen-bond acceptors (Lipinski definition) is 6. The molecule has 2 aromatic rings. The number of amidine groups is 1. The van der Waals surface area contributed by atoms with Gasteiger partial charge >= 0.3 is 0 Å².